The van der Waals surface area contributed by atoms with Crippen LogP contribution in [0.25, 0.3) is 0 Å². The fourth-order valence-corrected chi connectivity index (χ4v) is 2.68. The van der Waals surface area contributed by atoms with Crippen LogP contribution in [0.1, 0.15) is 96.8 Å². The number of unbranched alkanes of at least 4 members (excludes halogenated alkanes) is 9. The fraction of sp³-hybridized carbons (Fsp3) is 0.944. The molecule has 0 fully saturated rings. The Hall–Kier alpha value is -0.0126. The van der Waals surface area contributed by atoms with E-state index in [1.54, 1.807) is 0 Å². The molecule has 4 nitrogen and oxygen atoms in total. The number of aliphatic carboxylic acids is 1. The van der Waals surface area contributed by atoms with Gasteiger partial charge in [0.05, 0.1) is 12.2 Å². The molecule has 2 unspecified atom stereocenters. The third kappa shape index (κ3) is 18.2. The predicted molar refractivity (Wildman–Crippen MR) is 95.7 cm³/mol. The van der Waals surface area contributed by atoms with Crippen LogP contribution in [0.3, 0.4) is 0 Å². The molecule has 0 aromatic rings. The van der Waals surface area contributed by atoms with E-state index in [9.17, 15) is 15.0 Å². The molecule has 1 radical (unpaired) electrons. The van der Waals surface area contributed by atoms with Gasteiger partial charge in [-0.05, 0) is 19.3 Å². The van der Waals surface area contributed by atoms with E-state index >= 15 is 0 Å². The largest absolute Gasteiger partial charge is 0.481 e. The molecule has 23 heavy (non-hydrogen) atoms. The topological polar surface area (TPSA) is 77.8 Å². The minimum atomic E-state index is -0.728. The molecule has 0 rings (SSSR count). The molecule has 0 aromatic carbocycles. The van der Waals surface area contributed by atoms with Gasteiger partial charge in [-0.25, -0.2) is 0 Å². The minimum Gasteiger partial charge on any atom is -0.481 e. The van der Waals surface area contributed by atoms with Gasteiger partial charge in [0.15, 0.2) is 0 Å². The monoisotopic (exact) mass is 323 g/mol. The van der Waals surface area contributed by atoms with Crippen molar-refractivity contribution in [2.45, 2.75) is 109 Å². The Balaban J connectivity index is 0. The average Bonchev–Trinajstić information content (AvgIpc) is 2.49. The number of carboxylic acid groups (broad SMARTS) is 1. The molecule has 2 atom stereocenters. The van der Waals surface area contributed by atoms with Gasteiger partial charge in [-0.3, -0.25) is 4.79 Å². The molecular weight excluding hydrogens is 287 g/mol. The summed E-state index contributed by atoms with van der Waals surface area (Å²) in [5.74, 6) is -0.728. The van der Waals surface area contributed by atoms with Gasteiger partial charge in [-0.2, -0.15) is 0 Å². The molecule has 0 aromatic heterocycles. The molecule has 0 saturated carbocycles. The Morgan fingerprint density at radius 3 is 1.57 bits per heavy atom. The summed E-state index contributed by atoms with van der Waals surface area (Å²) in [4.78, 5) is 10.4. The van der Waals surface area contributed by atoms with Crippen molar-refractivity contribution in [2.75, 3.05) is 0 Å². The van der Waals surface area contributed by atoms with Gasteiger partial charge < -0.3 is 15.3 Å². The summed E-state index contributed by atoms with van der Waals surface area (Å²) in [7, 11) is 0. The van der Waals surface area contributed by atoms with Crippen molar-refractivity contribution < 1.29 is 20.1 Å². The second-order valence-electron chi connectivity index (χ2n) is 6.39. The van der Waals surface area contributed by atoms with E-state index in [1.807, 2.05) is 0 Å². The van der Waals surface area contributed by atoms with Crippen LogP contribution in [0.15, 0.2) is 0 Å². The normalized spacial score (nSPS) is 13.3. The molecule has 133 valence electrons. The summed E-state index contributed by atoms with van der Waals surface area (Å²) in [6.45, 7) is 2.20. The van der Waals surface area contributed by atoms with Crippen molar-refractivity contribution in [2.24, 2.45) is 0 Å². The van der Waals surface area contributed by atoms with Crippen LogP contribution in [0.5, 0.6) is 0 Å². The zero-order valence-corrected chi connectivity index (χ0v) is 15.3. The molecule has 0 spiro atoms. The third-order valence-electron chi connectivity index (χ3n) is 4.19. The first-order chi connectivity index (χ1) is 10.6. The van der Waals surface area contributed by atoms with Gasteiger partial charge in [0, 0.05) is 25.3 Å². The standard InChI is InChI=1S/C18H36O4.Li/c1-2-3-4-5-7-10-13-16(19)17(20)14-11-8-6-9-12-15-18(21)22;/h16-17,19-20H,2-15H2,1H3,(H,21,22);. The average molecular weight is 323 g/mol. The summed E-state index contributed by atoms with van der Waals surface area (Å²) >= 11 is 0. The fourth-order valence-electron chi connectivity index (χ4n) is 2.68. The van der Waals surface area contributed by atoms with Gasteiger partial charge >= 0.3 is 5.97 Å². The van der Waals surface area contributed by atoms with Crippen molar-refractivity contribution in [1.29, 1.82) is 0 Å². The Morgan fingerprint density at radius 1 is 0.739 bits per heavy atom. The summed E-state index contributed by atoms with van der Waals surface area (Å²) in [5.41, 5.74) is 0. The van der Waals surface area contributed by atoms with Crippen LogP contribution in [0.4, 0.5) is 0 Å². The maximum atomic E-state index is 10.4. The molecule has 0 amide bonds. The Morgan fingerprint density at radius 2 is 1.13 bits per heavy atom. The summed E-state index contributed by atoms with van der Waals surface area (Å²) in [6.07, 6.45) is 12.2. The Kier molecular flexibility index (Phi) is 20.1. The minimum absolute atomic E-state index is 0. The molecule has 0 bridgehead atoms. The number of rotatable bonds is 16. The van der Waals surface area contributed by atoms with Crippen molar-refractivity contribution in [3.8, 4) is 0 Å². The zero-order chi connectivity index (χ0) is 16.6. The number of hydrogen-bond acceptors (Lipinski definition) is 3. The van der Waals surface area contributed by atoms with Crippen LogP contribution in [-0.2, 0) is 4.79 Å². The maximum absolute atomic E-state index is 10.4. The molecule has 3 N–H and O–H groups in total. The Labute approximate surface area is 154 Å². The molecule has 0 aliphatic heterocycles. The number of aliphatic hydroxyl groups excluding tert-OH is 2. The van der Waals surface area contributed by atoms with Crippen LogP contribution < -0.4 is 0 Å². The molecule has 0 aliphatic carbocycles. The molecule has 5 heteroatoms. The smallest absolute Gasteiger partial charge is 0.303 e. The van der Waals surface area contributed by atoms with Crippen molar-refractivity contribution in [3.63, 3.8) is 0 Å². The molecule has 0 aliphatic rings. The van der Waals surface area contributed by atoms with Gasteiger partial charge in [0.25, 0.3) is 0 Å². The van der Waals surface area contributed by atoms with Crippen LogP contribution in [0, 0.1) is 0 Å². The predicted octanol–water partition coefficient (Wildman–Crippen LogP) is 3.89. The van der Waals surface area contributed by atoms with Gasteiger partial charge in [0.2, 0.25) is 0 Å². The van der Waals surface area contributed by atoms with Crippen LogP contribution in [-0.4, -0.2) is 52.4 Å². The Bertz CT molecular complexity index is 261. The van der Waals surface area contributed by atoms with E-state index in [2.05, 4.69) is 6.92 Å². The number of hydrogen-bond donors (Lipinski definition) is 3. The quantitative estimate of drug-likeness (QED) is 0.297. The van der Waals surface area contributed by atoms with Gasteiger partial charge in [-0.15, -0.1) is 0 Å². The first kappa shape index (κ1) is 25.2. The van der Waals surface area contributed by atoms with E-state index in [1.165, 1.54) is 25.7 Å². The first-order valence-electron chi connectivity index (χ1n) is 9.15. The summed E-state index contributed by atoms with van der Waals surface area (Å²) < 4.78 is 0. The molecular formula is C18H36LiO4. The number of carboxylic acids is 1. The van der Waals surface area contributed by atoms with E-state index < -0.39 is 18.2 Å². The van der Waals surface area contributed by atoms with E-state index in [4.69, 9.17) is 5.11 Å². The van der Waals surface area contributed by atoms with Crippen molar-refractivity contribution >= 4 is 24.8 Å². The van der Waals surface area contributed by atoms with Crippen LogP contribution in [0.2, 0.25) is 0 Å². The van der Waals surface area contributed by atoms with E-state index in [-0.39, 0.29) is 25.3 Å². The zero-order valence-electron chi connectivity index (χ0n) is 15.3. The van der Waals surface area contributed by atoms with E-state index in [0.717, 1.165) is 44.9 Å². The molecule has 0 heterocycles. The van der Waals surface area contributed by atoms with Gasteiger partial charge in [0.1, 0.15) is 0 Å². The summed E-state index contributed by atoms with van der Waals surface area (Å²) in [5, 5.41) is 28.3. The van der Waals surface area contributed by atoms with Gasteiger partial charge in [-0.1, -0.05) is 71.1 Å². The van der Waals surface area contributed by atoms with Crippen molar-refractivity contribution in [3.05, 3.63) is 0 Å². The maximum Gasteiger partial charge on any atom is 0.303 e. The SMILES string of the molecule is CCCCCCCCC(O)C(O)CCCCCCCC(=O)O.[Li]. The van der Waals surface area contributed by atoms with E-state index in [0.29, 0.717) is 12.8 Å². The second-order valence-corrected chi connectivity index (χ2v) is 6.39. The molecule has 0 saturated heterocycles. The third-order valence-corrected chi connectivity index (χ3v) is 4.19. The number of carbonyl (C=O) groups is 1. The van der Waals surface area contributed by atoms with Crippen molar-refractivity contribution in [1.82, 2.24) is 0 Å². The number of aliphatic hydroxyl groups is 2. The second kappa shape index (κ2) is 18.3. The first-order valence-corrected chi connectivity index (χ1v) is 9.15. The van der Waals surface area contributed by atoms with Crippen LogP contribution >= 0.6 is 0 Å². The summed E-state index contributed by atoms with van der Waals surface area (Å²) in [6, 6.07) is 0.